The fourth-order valence-electron chi connectivity index (χ4n) is 6.55. The SMILES string of the molecule is CCCCCC1CCC(C2CCC(c3ccc(OC(=O)Cc4cc(N)cc(N)c4)cc3)CC2)CC1. The zero-order valence-corrected chi connectivity index (χ0v) is 21.5. The molecule has 0 heterocycles. The maximum Gasteiger partial charge on any atom is 0.315 e. The van der Waals surface area contributed by atoms with E-state index in [-0.39, 0.29) is 12.4 Å². The second kappa shape index (κ2) is 12.5. The molecule has 2 aromatic rings. The Morgan fingerprint density at radius 3 is 2.03 bits per heavy atom. The number of nitrogens with two attached hydrogens (primary N) is 2. The summed E-state index contributed by atoms with van der Waals surface area (Å²) in [6.07, 6.45) is 17.0. The number of carbonyl (C=O) groups excluding carboxylic acids is 1. The first-order chi connectivity index (χ1) is 17.0. The van der Waals surface area contributed by atoms with E-state index in [0.717, 1.165) is 23.3 Å². The Labute approximate surface area is 211 Å². The van der Waals surface area contributed by atoms with Gasteiger partial charge in [0, 0.05) is 11.4 Å². The molecule has 2 aromatic carbocycles. The normalized spacial score (nSPS) is 24.7. The predicted molar refractivity (Wildman–Crippen MR) is 145 cm³/mol. The largest absolute Gasteiger partial charge is 0.426 e. The summed E-state index contributed by atoms with van der Waals surface area (Å²) in [6, 6.07) is 13.4. The van der Waals surface area contributed by atoms with Gasteiger partial charge in [-0.2, -0.15) is 0 Å². The van der Waals surface area contributed by atoms with Gasteiger partial charge in [-0.1, -0.05) is 57.6 Å². The van der Waals surface area contributed by atoms with Crippen molar-refractivity contribution >= 4 is 17.3 Å². The number of hydrogen-bond acceptors (Lipinski definition) is 4. The number of ether oxygens (including phenoxy) is 1. The van der Waals surface area contributed by atoms with E-state index in [4.69, 9.17) is 16.2 Å². The first-order valence-electron chi connectivity index (χ1n) is 14.0. The minimum atomic E-state index is -0.302. The molecule has 2 aliphatic carbocycles. The third-order valence-electron chi connectivity index (χ3n) is 8.51. The highest BCUT2D eigenvalue weighted by Crippen LogP contribution is 2.44. The highest BCUT2D eigenvalue weighted by Gasteiger charge is 2.31. The summed E-state index contributed by atoms with van der Waals surface area (Å²) in [5.74, 6) is 3.84. The van der Waals surface area contributed by atoms with Crippen molar-refractivity contribution in [3.8, 4) is 5.75 Å². The standard InChI is InChI=1S/C31H44N2O2/c1-2-3-4-5-22-6-8-24(9-7-22)25-10-12-26(13-11-25)27-14-16-30(17-15-27)35-31(34)20-23-18-28(32)21-29(33)19-23/h14-19,21-22,24-26H,2-13,20,32-33H2,1H3. The number of anilines is 2. The molecule has 2 aliphatic rings. The lowest BCUT2D eigenvalue weighted by Crippen LogP contribution is -2.25. The van der Waals surface area contributed by atoms with Crippen LogP contribution in [-0.4, -0.2) is 5.97 Å². The fraction of sp³-hybridized carbons (Fsp3) is 0.581. The summed E-state index contributed by atoms with van der Waals surface area (Å²) in [5, 5.41) is 0. The lowest BCUT2D eigenvalue weighted by atomic mass is 9.68. The molecular formula is C31H44N2O2. The number of hydrogen-bond donors (Lipinski definition) is 2. The lowest BCUT2D eigenvalue weighted by molar-refractivity contribution is -0.133. The van der Waals surface area contributed by atoms with Crippen LogP contribution in [0.5, 0.6) is 5.75 Å². The molecule has 0 amide bonds. The van der Waals surface area contributed by atoms with Crippen LogP contribution in [0.4, 0.5) is 11.4 Å². The van der Waals surface area contributed by atoms with Crippen molar-refractivity contribution in [1.82, 2.24) is 0 Å². The summed E-state index contributed by atoms with van der Waals surface area (Å²) in [6.45, 7) is 2.30. The summed E-state index contributed by atoms with van der Waals surface area (Å²) in [7, 11) is 0. The van der Waals surface area contributed by atoms with Gasteiger partial charge in [-0.3, -0.25) is 4.79 Å². The average Bonchev–Trinajstić information content (AvgIpc) is 2.85. The predicted octanol–water partition coefficient (Wildman–Crippen LogP) is 7.66. The zero-order chi connectivity index (χ0) is 24.6. The highest BCUT2D eigenvalue weighted by molar-refractivity contribution is 5.76. The van der Waals surface area contributed by atoms with E-state index >= 15 is 0 Å². The molecule has 0 aliphatic heterocycles. The average molecular weight is 477 g/mol. The van der Waals surface area contributed by atoms with Crippen LogP contribution in [-0.2, 0) is 11.2 Å². The Morgan fingerprint density at radius 1 is 0.829 bits per heavy atom. The van der Waals surface area contributed by atoms with Crippen LogP contribution in [0.15, 0.2) is 42.5 Å². The second-order valence-corrected chi connectivity index (χ2v) is 11.1. The van der Waals surface area contributed by atoms with Crippen molar-refractivity contribution in [1.29, 1.82) is 0 Å². The molecule has 0 atom stereocenters. The van der Waals surface area contributed by atoms with Crippen LogP contribution in [0.25, 0.3) is 0 Å². The summed E-state index contributed by atoms with van der Waals surface area (Å²) < 4.78 is 5.56. The first kappa shape index (κ1) is 25.6. The second-order valence-electron chi connectivity index (χ2n) is 11.1. The minimum absolute atomic E-state index is 0.154. The molecule has 2 saturated carbocycles. The molecule has 4 nitrogen and oxygen atoms in total. The number of carbonyl (C=O) groups is 1. The molecule has 4 N–H and O–H groups in total. The molecule has 2 fully saturated rings. The Kier molecular flexibility index (Phi) is 9.12. The lowest BCUT2D eigenvalue weighted by Gasteiger charge is -2.38. The van der Waals surface area contributed by atoms with Gasteiger partial charge in [0.2, 0.25) is 0 Å². The van der Waals surface area contributed by atoms with Crippen LogP contribution < -0.4 is 16.2 Å². The molecule has 0 radical (unpaired) electrons. The van der Waals surface area contributed by atoms with Crippen molar-refractivity contribution in [2.75, 3.05) is 11.5 Å². The van der Waals surface area contributed by atoms with Crippen LogP contribution in [0.2, 0.25) is 0 Å². The molecule has 0 aromatic heterocycles. The van der Waals surface area contributed by atoms with E-state index in [9.17, 15) is 4.79 Å². The third-order valence-corrected chi connectivity index (χ3v) is 8.51. The Hall–Kier alpha value is -2.49. The van der Waals surface area contributed by atoms with Gasteiger partial charge in [0.05, 0.1) is 6.42 Å². The molecule has 0 spiro atoms. The highest BCUT2D eigenvalue weighted by atomic mass is 16.5. The minimum Gasteiger partial charge on any atom is -0.426 e. The van der Waals surface area contributed by atoms with E-state index in [1.807, 2.05) is 12.1 Å². The molecule has 4 rings (SSSR count). The van der Waals surface area contributed by atoms with Crippen LogP contribution in [0.3, 0.4) is 0 Å². The Morgan fingerprint density at radius 2 is 1.43 bits per heavy atom. The van der Waals surface area contributed by atoms with E-state index < -0.39 is 0 Å². The van der Waals surface area contributed by atoms with Gasteiger partial charge in [-0.05, 0) is 104 Å². The van der Waals surface area contributed by atoms with Gasteiger partial charge in [0.15, 0.2) is 0 Å². The molecule has 0 bridgehead atoms. The van der Waals surface area contributed by atoms with Gasteiger partial charge >= 0.3 is 5.97 Å². The number of esters is 1. The van der Waals surface area contributed by atoms with Crippen LogP contribution in [0, 0.1) is 17.8 Å². The summed E-state index contributed by atoms with van der Waals surface area (Å²) in [5.41, 5.74) is 14.9. The smallest absolute Gasteiger partial charge is 0.315 e. The molecule has 4 heteroatoms. The number of benzene rings is 2. The van der Waals surface area contributed by atoms with Crippen molar-refractivity contribution in [2.24, 2.45) is 17.8 Å². The van der Waals surface area contributed by atoms with Crippen LogP contribution >= 0.6 is 0 Å². The Balaban J connectivity index is 1.20. The topological polar surface area (TPSA) is 78.3 Å². The number of rotatable bonds is 9. The maximum absolute atomic E-state index is 12.4. The maximum atomic E-state index is 12.4. The summed E-state index contributed by atoms with van der Waals surface area (Å²) in [4.78, 5) is 12.4. The van der Waals surface area contributed by atoms with Crippen molar-refractivity contribution in [2.45, 2.75) is 96.3 Å². The zero-order valence-electron chi connectivity index (χ0n) is 21.5. The first-order valence-corrected chi connectivity index (χ1v) is 14.0. The van der Waals surface area contributed by atoms with Crippen LogP contribution in [0.1, 0.15) is 101 Å². The van der Waals surface area contributed by atoms with Crippen molar-refractivity contribution in [3.63, 3.8) is 0 Å². The van der Waals surface area contributed by atoms with E-state index in [0.29, 0.717) is 23.0 Å². The van der Waals surface area contributed by atoms with E-state index in [1.165, 1.54) is 82.6 Å². The van der Waals surface area contributed by atoms with Gasteiger partial charge < -0.3 is 16.2 Å². The van der Waals surface area contributed by atoms with E-state index in [2.05, 4.69) is 19.1 Å². The van der Waals surface area contributed by atoms with Gasteiger partial charge in [-0.15, -0.1) is 0 Å². The molecule has 190 valence electrons. The van der Waals surface area contributed by atoms with Crippen molar-refractivity contribution < 1.29 is 9.53 Å². The van der Waals surface area contributed by atoms with E-state index in [1.54, 1.807) is 18.2 Å². The summed E-state index contributed by atoms with van der Waals surface area (Å²) >= 11 is 0. The molecule has 0 unspecified atom stereocenters. The van der Waals surface area contributed by atoms with Crippen molar-refractivity contribution in [3.05, 3.63) is 53.6 Å². The Bertz CT molecular complexity index is 919. The third kappa shape index (κ3) is 7.49. The molecular weight excluding hydrogens is 432 g/mol. The van der Waals surface area contributed by atoms with Gasteiger partial charge in [0.1, 0.15) is 5.75 Å². The fourth-order valence-corrected chi connectivity index (χ4v) is 6.55. The van der Waals surface area contributed by atoms with Gasteiger partial charge in [-0.25, -0.2) is 0 Å². The molecule has 35 heavy (non-hydrogen) atoms. The monoisotopic (exact) mass is 476 g/mol. The quantitative estimate of drug-likeness (QED) is 0.168. The number of unbranched alkanes of at least 4 members (excludes halogenated alkanes) is 2. The van der Waals surface area contributed by atoms with Gasteiger partial charge in [0.25, 0.3) is 0 Å². The molecule has 0 saturated heterocycles. The number of nitrogen functional groups attached to an aromatic ring is 2.